The van der Waals surface area contributed by atoms with E-state index in [1.165, 1.54) is 0 Å². The lowest BCUT2D eigenvalue weighted by molar-refractivity contribution is -0.128. The molecule has 1 atom stereocenters. The van der Waals surface area contributed by atoms with Crippen LogP contribution in [0, 0.1) is 6.92 Å². The zero-order valence-electron chi connectivity index (χ0n) is 25.5. The van der Waals surface area contributed by atoms with Crippen LogP contribution in [0.5, 0.6) is 11.5 Å². The van der Waals surface area contributed by atoms with Crippen LogP contribution in [0.15, 0.2) is 82.1 Å². The van der Waals surface area contributed by atoms with Crippen LogP contribution in [0.3, 0.4) is 0 Å². The molecule has 10 heteroatoms. The van der Waals surface area contributed by atoms with Gasteiger partial charge in [0.1, 0.15) is 11.5 Å². The van der Waals surface area contributed by atoms with Crippen molar-refractivity contribution in [2.75, 3.05) is 6.54 Å². The maximum absolute atomic E-state index is 12.7. The smallest absolute Gasteiger partial charge is 0.258 e. The molecule has 0 bridgehead atoms. The number of ether oxygens (including phenoxy) is 1. The molecule has 1 saturated heterocycles. The molecule has 0 N–H and O–H groups in total. The standard InChI is InChI=1S/C35H34N6O4/c1-21(2)29-15-16-30(38-37-29)23-9-13-28(14-10-23)44-31-17-24(7-8-25(31)19-40-22(3)5-4-6-32(40)42)35-36-34(39-45-35)26-18-33(43)41(20-26)27-11-12-27/h4-10,13-17,21,26-27H,11-12,18-20H2,1-3H3. The van der Waals surface area contributed by atoms with Gasteiger partial charge in [-0.1, -0.05) is 31.1 Å². The van der Waals surface area contributed by atoms with E-state index >= 15 is 0 Å². The number of benzene rings is 2. The number of carbonyl (C=O) groups is 1. The summed E-state index contributed by atoms with van der Waals surface area (Å²) in [6.07, 6.45) is 2.54. The fraction of sp³-hybridized carbons (Fsp3) is 0.314. The number of carbonyl (C=O) groups excluding carboxylic acids is 1. The number of amides is 1. The van der Waals surface area contributed by atoms with Crippen molar-refractivity contribution in [1.82, 2.24) is 29.8 Å². The lowest BCUT2D eigenvalue weighted by atomic mass is 10.1. The Morgan fingerprint density at radius 3 is 2.47 bits per heavy atom. The highest BCUT2D eigenvalue weighted by atomic mass is 16.5. The molecule has 7 rings (SSSR count). The first-order chi connectivity index (χ1) is 21.8. The number of rotatable bonds is 9. The summed E-state index contributed by atoms with van der Waals surface area (Å²) >= 11 is 0. The second-order valence-electron chi connectivity index (χ2n) is 12.2. The van der Waals surface area contributed by atoms with Crippen molar-refractivity contribution in [2.24, 2.45) is 0 Å². The Hall–Kier alpha value is -5.12. The summed E-state index contributed by atoms with van der Waals surface area (Å²) < 4.78 is 13.8. The Bertz CT molecular complexity index is 1910. The number of aromatic nitrogens is 5. The average molecular weight is 603 g/mol. The molecule has 228 valence electrons. The van der Waals surface area contributed by atoms with Gasteiger partial charge in [-0.2, -0.15) is 15.2 Å². The van der Waals surface area contributed by atoms with E-state index in [1.807, 2.05) is 72.5 Å². The van der Waals surface area contributed by atoms with Gasteiger partial charge in [-0.25, -0.2) is 0 Å². The molecule has 2 fully saturated rings. The predicted octanol–water partition coefficient (Wildman–Crippen LogP) is 6.11. The summed E-state index contributed by atoms with van der Waals surface area (Å²) in [5.41, 5.74) is 4.91. The van der Waals surface area contributed by atoms with Gasteiger partial charge in [-0.05, 0) is 80.3 Å². The number of hydrogen-bond acceptors (Lipinski definition) is 8. The number of likely N-dealkylation sites (tertiary alicyclic amines) is 1. The topological polar surface area (TPSA) is 116 Å². The van der Waals surface area contributed by atoms with Gasteiger partial charge >= 0.3 is 0 Å². The molecular weight excluding hydrogens is 568 g/mol. The lowest BCUT2D eigenvalue weighted by Gasteiger charge is -2.15. The molecular formula is C35H34N6O4. The van der Waals surface area contributed by atoms with Crippen molar-refractivity contribution in [1.29, 1.82) is 0 Å². The molecule has 1 saturated carbocycles. The maximum Gasteiger partial charge on any atom is 0.258 e. The molecule has 10 nitrogen and oxygen atoms in total. The van der Waals surface area contributed by atoms with Crippen molar-refractivity contribution in [3.8, 4) is 34.2 Å². The van der Waals surface area contributed by atoms with Gasteiger partial charge in [0.2, 0.25) is 5.91 Å². The molecule has 1 unspecified atom stereocenters. The molecule has 3 aromatic heterocycles. The Morgan fingerprint density at radius 2 is 1.76 bits per heavy atom. The van der Waals surface area contributed by atoms with E-state index in [1.54, 1.807) is 16.7 Å². The monoisotopic (exact) mass is 602 g/mol. The highest BCUT2D eigenvalue weighted by molar-refractivity contribution is 5.80. The maximum atomic E-state index is 12.7. The van der Waals surface area contributed by atoms with Gasteiger partial charge in [0.05, 0.1) is 17.9 Å². The summed E-state index contributed by atoms with van der Waals surface area (Å²) in [6, 6.07) is 22.9. The zero-order valence-corrected chi connectivity index (χ0v) is 25.5. The first-order valence-corrected chi connectivity index (χ1v) is 15.4. The summed E-state index contributed by atoms with van der Waals surface area (Å²) in [7, 11) is 0. The van der Waals surface area contributed by atoms with Crippen LogP contribution < -0.4 is 10.3 Å². The minimum atomic E-state index is -0.0909. The predicted molar refractivity (Wildman–Crippen MR) is 168 cm³/mol. The molecule has 4 heterocycles. The second kappa shape index (κ2) is 11.8. The molecule has 0 spiro atoms. The van der Waals surface area contributed by atoms with Crippen LogP contribution in [0.2, 0.25) is 0 Å². The first-order valence-electron chi connectivity index (χ1n) is 15.4. The summed E-state index contributed by atoms with van der Waals surface area (Å²) in [6.45, 7) is 7.04. The Morgan fingerprint density at radius 1 is 0.956 bits per heavy atom. The summed E-state index contributed by atoms with van der Waals surface area (Å²) in [5.74, 6) is 2.47. The Labute approximate surface area is 260 Å². The van der Waals surface area contributed by atoms with E-state index in [4.69, 9.17) is 9.26 Å². The number of pyridine rings is 1. The van der Waals surface area contributed by atoms with E-state index in [-0.39, 0.29) is 17.4 Å². The Kier molecular flexibility index (Phi) is 7.48. The van der Waals surface area contributed by atoms with Crippen LogP contribution in [0.1, 0.15) is 67.7 Å². The molecule has 1 aliphatic heterocycles. The van der Waals surface area contributed by atoms with Crippen molar-refractivity contribution < 1.29 is 14.1 Å². The van der Waals surface area contributed by atoms with E-state index in [9.17, 15) is 9.59 Å². The van der Waals surface area contributed by atoms with Crippen LogP contribution in [0.4, 0.5) is 0 Å². The van der Waals surface area contributed by atoms with Crippen molar-refractivity contribution in [3.05, 3.63) is 106 Å². The average Bonchev–Trinajstić information content (AvgIpc) is 3.62. The molecule has 0 radical (unpaired) electrons. The summed E-state index contributed by atoms with van der Waals surface area (Å²) in [5, 5.41) is 13.0. The number of hydrogen-bond donors (Lipinski definition) is 0. The third-order valence-electron chi connectivity index (χ3n) is 8.52. The number of aryl methyl sites for hydroxylation is 1. The molecule has 1 amide bonds. The fourth-order valence-electron chi connectivity index (χ4n) is 5.70. The first kappa shape index (κ1) is 28.6. The SMILES string of the molecule is Cc1cccc(=O)n1Cc1ccc(-c2nc(C3CC(=O)N(C4CC4)C3)no2)cc1Oc1ccc(-c2ccc(C(C)C)nn2)cc1. The number of nitrogens with zero attached hydrogens (tertiary/aromatic N) is 6. The zero-order chi connectivity index (χ0) is 31.1. The van der Waals surface area contributed by atoms with Crippen molar-refractivity contribution >= 4 is 5.91 Å². The molecule has 45 heavy (non-hydrogen) atoms. The highest BCUT2D eigenvalue weighted by Crippen LogP contribution is 2.37. The van der Waals surface area contributed by atoms with E-state index in [2.05, 4.69) is 34.2 Å². The van der Waals surface area contributed by atoms with Crippen molar-refractivity contribution in [3.63, 3.8) is 0 Å². The summed E-state index contributed by atoms with van der Waals surface area (Å²) in [4.78, 5) is 31.8. The van der Waals surface area contributed by atoms with Gasteiger partial charge in [0.25, 0.3) is 11.4 Å². The minimum Gasteiger partial charge on any atom is -0.457 e. The minimum absolute atomic E-state index is 0.0803. The second-order valence-corrected chi connectivity index (χ2v) is 12.2. The van der Waals surface area contributed by atoms with Gasteiger partial charge in [-0.3, -0.25) is 9.59 Å². The van der Waals surface area contributed by atoms with Crippen LogP contribution >= 0.6 is 0 Å². The van der Waals surface area contributed by atoms with E-state index in [0.29, 0.717) is 60.2 Å². The fourth-order valence-corrected chi connectivity index (χ4v) is 5.70. The van der Waals surface area contributed by atoms with Gasteiger partial charge in [0.15, 0.2) is 5.82 Å². The van der Waals surface area contributed by atoms with E-state index < -0.39 is 0 Å². The molecule has 1 aliphatic carbocycles. The third kappa shape index (κ3) is 6.00. The molecule has 5 aromatic rings. The van der Waals surface area contributed by atoms with E-state index in [0.717, 1.165) is 41.1 Å². The van der Waals surface area contributed by atoms with Crippen LogP contribution in [-0.4, -0.2) is 48.3 Å². The Balaban J connectivity index is 1.17. The third-order valence-corrected chi connectivity index (χ3v) is 8.52. The largest absolute Gasteiger partial charge is 0.457 e. The van der Waals surface area contributed by atoms with Crippen LogP contribution in [-0.2, 0) is 11.3 Å². The lowest BCUT2D eigenvalue weighted by Crippen LogP contribution is -2.27. The normalized spacial score (nSPS) is 16.5. The molecule has 2 aliphatic rings. The quantitative estimate of drug-likeness (QED) is 0.199. The molecule has 2 aromatic carbocycles. The van der Waals surface area contributed by atoms with Gasteiger partial charge < -0.3 is 18.7 Å². The van der Waals surface area contributed by atoms with Gasteiger partial charge in [-0.15, -0.1) is 0 Å². The van der Waals surface area contributed by atoms with Crippen LogP contribution in [0.25, 0.3) is 22.7 Å². The van der Waals surface area contributed by atoms with Crippen molar-refractivity contribution in [2.45, 2.75) is 64.5 Å². The van der Waals surface area contributed by atoms with Gasteiger partial charge in [0, 0.05) is 53.4 Å². The highest BCUT2D eigenvalue weighted by Gasteiger charge is 2.41.